The maximum Gasteiger partial charge on any atom is 0.283 e. The summed E-state index contributed by atoms with van der Waals surface area (Å²) >= 11 is 1.45. The Kier molecular flexibility index (Phi) is 6.66. The summed E-state index contributed by atoms with van der Waals surface area (Å²) in [4.78, 5) is 17.4. The summed E-state index contributed by atoms with van der Waals surface area (Å²) in [6.45, 7) is 5.31. The maximum atomic E-state index is 13.0. The Labute approximate surface area is 226 Å². The molecule has 2 aromatic carbocycles. The number of para-hydroxylation sites is 1. The second-order valence-corrected chi connectivity index (χ2v) is 11.2. The molecule has 1 saturated carbocycles. The average molecular weight is 526 g/mol. The highest BCUT2D eigenvalue weighted by Crippen LogP contribution is 2.36. The van der Waals surface area contributed by atoms with Gasteiger partial charge in [-0.25, -0.2) is 0 Å². The standard InChI is InChI=1S/C30H31N5O2S/c1-19-12-13-26(20(2)16-19)37-15-14-34-18-22(23-10-6-7-11-25(23)34)17-24-27(31)35-30(32-28(24)36)38-29(33-35)21-8-4-3-5-9-21/h6-7,10-13,16-18,21,31H,3-5,8-9,14-15H2,1-2H3. The van der Waals surface area contributed by atoms with Crippen molar-refractivity contribution in [3.63, 3.8) is 0 Å². The lowest BCUT2D eigenvalue weighted by molar-refractivity contribution is -0.114. The van der Waals surface area contributed by atoms with E-state index in [1.54, 1.807) is 11.1 Å². The van der Waals surface area contributed by atoms with Gasteiger partial charge in [0.05, 0.1) is 12.1 Å². The van der Waals surface area contributed by atoms with Crippen LogP contribution in [0.25, 0.3) is 17.0 Å². The number of aliphatic imine (C=N–C) groups is 1. The molecule has 38 heavy (non-hydrogen) atoms. The molecular formula is C30H31N5O2S. The van der Waals surface area contributed by atoms with E-state index < -0.39 is 0 Å². The van der Waals surface area contributed by atoms with Gasteiger partial charge in [0.2, 0.25) is 5.17 Å². The zero-order valence-corrected chi connectivity index (χ0v) is 22.6. The van der Waals surface area contributed by atoms with Crippen molar-refractivity contribution >= 4 is 50.7 Å². The molecule has 0 bridgehead atoms. The lowest BCUT2D eigenvalue weighted by atomic mass is 9.90. The Morgan fingerprint density at radius 2 is 1.95 bits per heavy atom. The molecule has 3 aromatic rings. The highest BCUT2D eigenvalue weighted by atomic mass is 32.2. The Morgan fingerprint density at radius 1 is 1.13 bits per heavy atom. The van der Waals surface area contributed by atoms with Crippen molar-refractivity contribution in [1.82, 2.24) is 9.58 Å². The van der Waals surface area contributed by atoms with Crippen LogP contribution in [0.4, 0.5) is 0 Å². The first kappa shape index (κ1) is 24.7. The first-order valence-corrected chi connectivity index (χ1v) is 14.1. The summed E-state index contributed by atoms with van der Waals surface area (Å²) in [6.07, 6.45) is 9.72. The maximum absolute atomic E-state index is 13.0. The number of ether oxygens (including phenoxy) is 1. The van der Waals surface area contributed by atoms with Crippen LogP contribution in [-0.4, -0.2) is 38.1 Å². The van der Waals surface area contributed by atoms with Crippen LogP contribution in [0, 0.1) is 25.2 Å². The molecule has 7 nitrogen and oxygen atoms in total. The number of benzene rings is 2. The van der Waals surface area contributed by atoms with Crippen molar-refractivity contribution < 1.29 is 9.53 Å². The Balaban J connectivity index is 1.25. The number of carbonyl (C=O) groups is 1. The fourth-order valence-electron chi connectivity index (χ4n) is 5.47. The van der Waals surface area contributed by atoms with Crippen molar-refractivity contribution in [3.05, 3.63) is 70.9 Å². The van der Waals surface area contributed by atoms with E-state index in [0.29, 0.717) is 24.2 Å². The topological polar surface area (TPSA) is 83.0 Å². The van der Waals surface area contributed by atoms with Crippen LogP contribution >= 0.6 is 11.8 Å². The minimum Gasteiger partial charge on any atom is -0.491 e. The molecule has 194 valence electrons. The van der Waals surface area contributed by atoms with E-state index in [2.05, 4.69) is 41.6 Å². The van der Waals surface area contributed by atoms with E-state index in [1.807, 2.05) is 30.5 Å². The highest BCUT2D eigenvalue weighted by molar-refractivity contribution is 8.27. The second kappa shape index (κ2) is 10.3. The van der Waals surface area contributed by atoms with Gasteiger partial charge < -0.3 is 9.30 Å². The van der Waals surface area contributed by atoms with Crippen molar-refractivity contribution in [3.8, 4) is 5.75 Å². The third-order valence-corrected chi connectivity index (χ3v) is 8.53. The van der Waals surface area contributed by atoms with Crippen LogP contribution in [0.3, 0.4) is 0 Å². The number of amidine groups is 2. The van der Waals surface area contributed by atoms with Crippen LogP contribution in [0.5, 0.6) is 5.75 Å². The second-order valence-electron chi connectivity index (χ2n) is 10.2. The summed E-state index contributed by atoms with van der Waals surface area (Å²) in [5, 5.41) is 17.6. The Hall–Kier alpha value is -3.65. The largest absolute Gasteiger partial charge is 0.491 e. The van der Waals surface area contributed by atoms with Crippen LogP contribution in [0.1, 0.15) is 48.8 Å². The lowest BCUT2D eigenvalue weighted by Crippen LogP contribution is -2.35. The Morgan fingerprint density at radius 3 is 2.76 bits per heavy atom. The number of nitrogens with one attached hydrogen (secondary N) is 1. The van der Waals surface area contributed by atoms with E-state index in [1.165, 1.54) is 36.6 Å². The number of fused-ring (bicyclic) bond motifs is 2. The number of aromatic nitrogens is 1. The number of hydrogen-bond acceptors (Lipinski definition) is 5. The van der Waals surface area contributed by atoms with Crippen molar-refractivity contribution in [1.29, 1.82) is 5.41 Å². The molecule has 3 heterocycles. The lowest BCUT2D eigenvalue weighted by Gasteiger charge is -2.20. The summed E-state index contributed by atoms with van der Waals surface area (Å²) in [7, 11) is 0. The van der Waals surface area contributed by atoms with Gasteiger partial charge in [0, 0.05) is 28.6 Å². The monoisotopic (exact) mass is 525 g/mol. The first-order valence-electron chi connectivity index (χ1n) is 13.3. The van der Waals surface area contributed by atoms with Gasteiger partial charge in [-0.1, -0.05) is 55.2 Å². The van der Waals surface area contributed by atoms with Crippen LogP contribution in [-0.2, 0) is 11.3 Å². The zero-order chi connectivity index (χ0) is 26.2. The molecule has 1 fully saturated rings. The van der Waals surface area contributed by atoms with Crippen LogP contribution in [0.15, 0.2) is 64.3 Å². The number of nitrogens with zero attached hydrogens (tertiary/aromatic N) is 4. The molecule has 3 aliphatic rings. The highest BCUT2D eigenvalue weighted by Gasteiger charge is 2.38. The van der Waals surface area contributed by atoms with E-state index in [4.69, 9.17) is 15.2 Å². The molecule has 8 heteroatoms. The molecule has 2 aliphatic heterocycles. The molecule has 1 N–H and O–H groups in total. The van der Waals surface area contributed by atoms with Gasteiger partial charge in [0.15, 0.2) is 5.84 Å². The van der Waals surface area contributed by atoms with Gasteiger partial charge in [-0.3, -0.25) is 10.2 Å². The van der Waals surface area contributed by atoms with E-state index in [9.17, 15) is 4.79 Å². The van der Waals surface area contributed by atoms with Gasteiger partial charge >= 0.3 is 0 Å². The fourth-order valence-corrected chi connectivity index (χ4v) is 6.53. The van der Waals surface area contributed by atoms with Crippen LogP contribution < -0.4 is 4.74 Å². The van der Waals surface area contributed by atoms with E-state index >= 15 is 0 Å². The predicted octanol–water partition coefficient (Wildman–Crippen LogP) is 6.54. The third-order valence-electron chi connectivity index (χ3n) is 7.46. The SMILES string of the molecule is Cc1ccc(OCCn2cc(C=C3C(=N)N4N=C(C5CCCCC5)SC4=NC3=O)c3ccccc32)c(C)c1. The van der Waals surface area contributed by atoms with Crippen LogP contribution in [0.2, 0.25) is 0 Å². The summed E-state index contributed by atoms with van der Waals surface area (Å²) in [6, 6.07) is 14.3. The Bertz CT molecular complexity index is 1530. The smallest absolute Gasteiger partial charge is 0.283 e. The molecule has 1 amide bonds. The average Bonchev–Trinajstić information content (AvgIpc) is 3.50. The normalized spacial score (nSPS) is 19.2. The summed E-state index contributed by atoms with van der Waals surface area (Å²) in [5.41, 5.74) is 4.53. The molecule has 6 rings (SSSR count). The van der Waals surface area contributed by atoms with E-state index in [-0.39, 0.29) is 17.3 Å². The third kappa shape index (κ3) is 4.69. The molecule has 0 atom stereocenters. The van der Waals surface area contributed by atoms with Crippen molar-refractivity contribution in [2.75, 3.05) is 6.61 Å². The number of rotatable bonds is 6. The molecule has 1 aliphatic carbocycles. The van der Waals surface area contributed by atoms with Gasteiger partial charge in [-0.05, 0) is 62.2 Å². The van der Waals surface area contributed by atoms with Crippen molar-refractivity contribution in [2.24, 2.45) is 16.0 Å². The molecule has 0 radical (unpaired) electrons. The summed E-state index contributed by atoms with van der Waals surface area (Å²) in [5.74, 6) is 0.999. The summed E-state index contributed by atoms with van der Waals surface area (Å²) < 4.78 is 8.22. The van der Waals surface area contributed by atoms with Gasteiger partial charge in [0.1, 0.15) is 17.4 Å². The van der Waals surface area contributed by atoms with Crippen molar-refractivity contribution in [2.45, 2.75) is 52.5 Å². The van der Waals surface area contributed by atoms with Gasteiger partial charge in [-0.15, -0.1) is 0 Å². The number of hydrogen-bond donors (Lipinski definition) is 1. The van der Waals surface area contributed by atoms with E-state index in [0.717, 1.165) is 45.7 Å². The minimum atomic E-state index is -0.385. The number of thioether (sulfide) groups is 1. The zero-order valence-electron chi connectivity index (χ0n) is 21.7. The quantitative estimate of drug-likeness (QED) is 0.371. The number of carbonyl (C=O) groups excluding carboxylic acids is 1. The molecule has 0 saturated heterocycles. The molecule has 1 aromatic heterocycles. The molecule has 0 unspecified atom stereocenters. The predicted molar refractivity (Wildman–Crippen MR) is 155 cm³/mol. The minimum absolute atomic E-state index is 0.0910. The number of hydrazone groups is 1. The molecule has 0 spiro atoms. The molecular weight excluding hydrogens is 494 g/mol. The number of aryl methyl sites for hydroxylation is 2. The van der Waals surface area contributed by atoms with Gasteiger partial charge in [0.25, 0.3) is 5.91 Å². The fraction of sp³-hybridized carbons (Fsp3) is 0.333. The first-order chi connectivity index (χ1) is 18.5. The van der Waals surface area contributed by atoms with Gasteiger partial charge in [-0.2, -0.15) is 15.1 Å². The number of amides is 1.